The molecule has 14 heavy (non-hydrogen) atoms. The Hall–Kier alpha value is -0.860. The molecule has 2 rings (SSSR count). The fourth-order valence-electron chi connectivity index (χ4n) is 2.41. The molecule has 0 radical (unpaired) electrons. The van der Waals surface area contributed by atoms with E-state index in [1.807, 2.05) is 32.9 Å². The minimum absolute atomic E-state index is 0.0428. The van der Waals surface area contributed by atoms with Gasteiger partial charge in [-0.05, 0) is 20.8 Å². The van der Waals surface area contributed by atoms with E-state index in [1.165, 1.54) is 11.1 Å². The molecule has 0 aromatic heterocycles. The molecule has 0 amide bonds. The molecule has 0 aliphatic carbocycles. The van der Waals surface area contributed by atoms with Crippen molar-refractivity contribution < 1.29 is 4.65 Å². The quantitative estimate of drug-likeness (QED) is 0.456. The number of hydrogen-bond acceptors (Lipinski definition) is 1. The fourth-order valence-corrected chi connectivity index (χ4v) is 2.41. The molecule has 0 bridgehead atoms. The van der Waals surface area contributed by atoms with Crippen molar-refractivity contribution in [2.45, 2.75) is 32.4 Å². The molecular weight excluding hydrogens is 174 g/mol. The van der Waals surface area contributed by atoms with Gasteiger partial charge in [-0.1, -0.05) is 24.3 Å². The van der Waals surface area contributed by atoms with Crippen LogP contribution in [0.1, 0.15) is 37.9 Å². The van der Waals surface area contributed by atoms with Crippen LogP contribution in [0, 0.1) is 5.21 Å². The molecule has 76 valence electrons. The van der Waals surface area contributed by atoms with Crippen LogP contribution in [0.25, 0.3) is 0 Å². The maximum atomic E-state index is 12.5. The highest BCUT2D eigenvalue weighted by atomic mass is 16.6. The summed E-state index contributed by atoms with van der Waals surface area (Å²) >= 11 is 0. The Morgan fingerprint density at radius 2 is 1.86 bits per heavy atom. The van der Waals surface area contributed by atoms with Crippen molar-refractivity contribution in [1.82, 2.24) is 0 Å². The third-order valence-electron chi connectivity index (χ3n) is 3.92. The molecule has 1 aromatic rings. The van der Waals surface area contributed by atoms with E-state index >= 15 is 0 Å². The zero-order chi connectivity index (χ0) is 10.6. The van der Waals surface area contributed by atoms with Crippen LogP contribution >= 0.6 is 0 Å². The van der Waals surface area contributed by atoms with Crippen LogP contribution in [0.3, 0.4) is 0 Å². The van der Waals surface area contributed by atoms with Crippen molar-refractivity contribution in [3.8, 4) is 0 Å². The highest BCUT2D eigenvalue weighted by Gasteiger charge is 2.48. The van der Waals surface area contributed by atoms with E-state index in [2.05, 4.69) is 12.1 Å². The van der Waals surface area contributed by atoms with E-state index in [-0.39, 0.29) is 16.2 Å². The van der Waals surface area contributed by atoms with Gasteiger partial charge in [0, 0.05) is 11.1 Å². The second kappa shape index (κ2) is 2.59. The minimum atomic E-state index is -0.323. The van der Waals surface area contributed by atoms with Crippen LogP contribution in [0.2, 0.25) is 0 Å². The molecular formula is C12H17NO. The lowest BCUT2D eigenvalue weighted by Crippen LogP contribution is -2.48. The number of benzene rings is 1. The lowest BCUT2D eigenvalue weighted by molar-refractivity contribution is -0.937. The van der Waals surface area contributed by atoms with E-state index in [4.69, 9.17) is 0 Å². The smallest absolute Gasteiger partial charge is 0.120 e. The van der Waals surface area contributed by atoms with Crippen LogP contribution in [0.4, 0.5) is 0 Å². The van der Waals surface area contributed by atoms with Gasteiger partial charge in [-0.25, -0.2) is 0 Å². The van der Waals surface area contributed by atoms with E-state index in [0.29, 0.717) is 0 Å². The third-order valence-corrected chi connectivity index (χ3v) is 3.92. The summed E-state index contributed by atoms with van der Waals surface area (Å²) in [4.78, 5) is 0. The van der Waals surface area contributed by atoms with Crippen molar-refractivity contribution in [3.63, 3.8) is 0 Å². The molecule has 0 spiro atoms. The summed E-state index contributed by atoms with van der Waals surface area (Å²) in [6, 6.07) is 8.22. The largest absolute Gasteiger partial charge is 0.632 e. The van der Waals surface area contributed by atoms with Crippen molar-refractivity contribution in [2.24, 2.45) is 0 Å². The van der Waals surface area contributed by atoms with Gasteiger partial charge in [0.2, 0.25) is 0 Å². The first-order valence-electron chi connectivity index (χ1n) is 5.05. The molecule has 2 heteroatoms. The van der Waals surface area contributed by atoms with Crippen molar-refractivity contribution >= 4 is 0 Å². The second-order valence-corrected chi connectivity index (χ2v) is 4.81. The average molecular weight is 191 g/mol. The lowest BCUT2D eigenvalue weighted by Gasteiger charge is -2.49. The average Bonchev–Trinajstić information content (AvgIpc) is 2.27. The van der Waals surface area contributed by atoms with Gasteiger partial charge in [0.15, 0.2) is 0 Å². The molecule has 0 saturated heterocycles. The Balaban J connectivity index is 2.68. The summed E-state index contributed by atoms with van der Waals surface area (Å²) in [5, 5.41) is 12.5. The van der Waals surface area contributed by atoms with Crippen molar-refractivity contribution in [1.29, 1.82) is 0 Å². The normalized spacial score (nSPS) is 34.2. The molecule has 1 aromatic carbocycles. The molecule has 0 saturated carbocycles. The monoisotopic (exact) mass is 191 g/mol. The zero-order valence-electron chi connectivity index (χ0n) is 9.24. The first-order valence-corrected chi connectivity index (χ1v) is 5.05. The summed E-state index contributed by atoms with van der Waals surface area (Å²) in [6.07, 6.45) is 0. The Labute approximate surface area is 85.3 Å². The van der Waals surface area contributed by atoms with Crippen LogP contribution in [-0.2, 0) is 5.54 Å². The first kappa shape index (κ1) is 9.69. The third kappa shape index (κ3) is 0.928. The van der Waals surface area contributed by atoms with Gasteiger partial charge in [0.1, 0.15) is 11.6 Å². The Morgan fingerprint density at radius 3 is 2.43 bits per heavy atom. The predicted octanol–water partition coefficient (Wildman–Crippen LogP) is 2.94. The maximum Gasteiger partial charge on any atom is 0.120 e. The molecule has 2 nitrogen and oxygen atoms in total. The van der Waals surface area contributed by atoms with Gasteiger partial charge in [0.05, 0.1) is 7.05 Å². The topological polar surface area (TPSA) is 23.1 Å². The molecule has 2 atom stereocenters. The molecule has 0 N–H and O–H groups in total. The second-order valence-electron chi connectivity index (χ2n) is 4.81. The number of nitrogens with zero attached hydrogens (tertiary/aromatic N) is 1. The molecule has 0 fully saturated rings. The van der Waals surface area contributed by atoms with Gasteiger partial charge in [-0.3, -0.25) is 0 Å². The summed E-state index contributed by atoms with van der Waals surface area (Å²) in [5.74, 6) is 0. The van der Waals surface area contributed by atoms with Crippen molar-refractivity contribution in [2.75, 3.05) is 7.05 Å². The van der Waals surface area contributed by atoms with Crippen LogP contribution < -0.4 is 0 Å². The molecule has 2 unspecified atom stereocenters. The summed E-state index contributed by atoms with van der Waals surface area (Å²) in [6.45, 7) is 6.07. The van der Waals surface area contributed by atoms with E-state index in [0.717, 1.165) is 0 Å². The molecule has 1 heterocycles. The Morgan fingerprint density at radius 1 is 1.29 bits per heavy atom. The van der Waals surface area contributed by atoms with Gasteiger partial charge < -0.3 is 9.85 Å². The molecule has 1 aliphatic rings. The number of hydrogen-bond donors (Lipinski definition) is 0. The molecule has 1 aliphatic heterocycles. The minimum Gasteiger partial charge on any atom is -0.632 e. The summed E-state index contributed by atoms with van der Waals surface area (Å²) < 4.78 is -0.202. The fraction of sp³-hybridized carbons (Fsp3) is 0.500. The lowest BCUT2D eigenvalue weighted by atomic mass is 9.93. The summed E-state index contributed by atoms with van der Waals surface area (Å²) in [5.41, 5.74) is 2.08. The van der Waals surface area contributed by atoms with Gasteiger partial charge in [-0.15, -0.1) is 0 Å². The number of quaternary nitrogens is 1. The Kier molecular flexibility index (Phi) is 1.79. The Bertz CT molecular complexity index is 368. The van der Waals surface area contributed by atoms with Crippen LogP contribution in [0.5, 0.6) is 0 Å². The summed E-state index contributed by atoms with van der Waals surface area (Å²) in [7, 11) is 1.77. The number of rotatable bonds is 0. The predicted molar refractivity (Wildman–Crippen MR) is 57.4 cm³/mol. The van der Waals surface area contributed by atoms with Gasteiger partial charge in [0.25, 0.3) is 0 Å². The van der Waals surface area contributed by atoms with E-state index in [9.17, 15) is 5.21 Å². The zero-order valence-corrected chi connectivity index (χ0v) is 9.24. The standard InChI is InChI=1S/C12H17NO/c1-9-10-7-5-6-8-11(10)12(2,3)13(9,4)14/h5-9H,1-4H3. The van der Waals surface area contributed by atoms with Crippen molar-refractivity contribution in [3.05, 3.63) is 40.6 Å². The maximum absolute atomic E-state index is 12.5. The van der Waals surface area contributed by atoms with Gasteiger partial charge >= 0.3 is 0 Å². The SMILES string of the molecule is CC1c2ccccc2C(C)(C)[N+]1(C)[O-]. The highest BCUT2D eigenvalue weighted by molar-refractivity contribution is 5.36. The van der Waals surface area contributed by atoms with E-state index in [1.54, 1.807) is 7.05 Å². The van der Waals surface area contributed by atoms with Gasteiger partial charge in [-0.2, -0.15) is 0 Å². The van der Waals surface area contributed by atoms with E-state index < -0.39 is 0 Å². The number of fused-ring (bicyclic) bond motifs is 1. The van der Waals surface area contributed by atoms with Crippen LogP contribution in [-0.4, -0.2) is 11.7 Å². The first-order chi connectivity index (χ1) is 6.39. The highest BCUT2D eigenvalue weighted by Crippen LogP contribution is 2.49. The van der Waals surface area contributed by atoms with Crippen LogP contribution in [0.15, 0.2) is 24.3 Å². The number of hydroxylamine groups is 3.